The van der Waals surface area contributed by atoms with Gasteiger partial charge >= 0.3 is 5.97 Å². The number of carbonyl (C=O) groups is 1. The van der Waals surface area contributed by atoms with Gasteiger partial charge in [0.2, 0.25) is 0 Å². The molecular formula is C8H13N3O2S. The zero-order chi connectivity index (χ0) is 10.6. The summed E-state index contributed by atoms with van der Waals surface area (Å²) in [4.78, 5) is 10.5. The van der Waals surface area contributed by atoms with E-state index < -0.39 is 5.97 Å². The van der Waals surface area contributed by atoms with Crippen molar-refractivity contribution in [3.63, 3.8) is 0 Å². The summed E-state index contributed by atoms with van der Waals surface area (Å²) in [6, 6.07) is 0. The standard InChI is InChI=1S/C8H13N3O2S/c1-6(8(12)13)3-14-4-7-10-9-5-11(7)2/h5-6H,3-4H2,1-2H3,(H,12,13). The SMILES string of the molecule is CC(CSCc1nncn1C)C(=O)O. The van der Waals surface area contributed by atoms with Crippen LogP contribution < -0.4 is 0 Å². The van der Waals surface area contributed by atoms with Crippen LogP contribution in [0.5, 0.6) is 0 Å². The first kappa shape index (κ1) is 11.0. The molecule has 0 fully saturated rings. The maximum absolute atomic E-state index is 10.5. The van der Waals surface area contributed by atoms with Crippen molar-refractivity contribution in [3.05, 3.63) is 12.2 Å². The molecule has 0 spiro atoms. The lowest BCUT2D eigenvalue weighted by atomic mass is 10.2. The first-order valence-electron chi connectivity index (χ1n) is 4.24. The molecule has 1 unspecified atom stereocenters. The maximum Gasteiger partial charge on any atom is 0.307 e. The van der Waals surface area contributed by atoms with Gasteiger partial charge in [-0.3, -0.25) is 4.79 Å². The Morgan fingerprint density at radius 2 is 2.50 bits per heavy atom. The van der Waals surface area contributed by atoms with Crippen LogP contribution >= 0.6 is 11.8 Å². The minimum Gasteiger partial charge on any atom is -0.481 e. The number of hydrogen-bond donors (Lipinski definition) is 1. The van der Waals surface area contributed by atoms with Crippen LogP contribution in [-0.4, -0.2) is 31.6 Å². The highest BCUT2D eigenvalue weighted by Gasteiger charge is 2.11. The molecule has 0 aliphatic carbocycles. The molecule has 0 saturated carbocycles. The van der Waals surface area contributed by atoms with Gasteiger partial charge in [0.05, 0.1) is 11.7 Å². The van der Waals surface area contributed by atoms with Crippen LogP contribution in [0.1, 0.15) is 12.7 Å². The zero-order valence-electron chi connectivity index (χ0n) is 8.17. The largest absolute Gasteiger partial charge is 0.481 e. The molecular weight excluding hydrogens is 202 g/mol. The van der Waals surface area contributed by atoms with Gasteiger partial charge in [0.25, 0.3) is 0 Å². The maximum atomic E-state index is 10.5. The van der Waals surface area contributed by atoms with Crippen LogP contribution in [0, 0.1) is 5.92 Å². The molecule has 5 nitrogen and oxygen atoms in total. The molecule has 14 heavy (non-hydrogen) atoms. The number of carboxylic acid groups (broad SMARTS) is 1. The van der Waals surface area contributed by atoms with E-state index in [1.54, 1.807) is 25.0 Å². The van der Waals surface area contributed by atoms with Gasteiger partial charge in [0, 0.05) is 12.8 Å². The van der Waals surface area contributed by atoms with Crippen LogP contribution in [0.2, 0.25) is 0 Å². The lowest BCUT2D eigenvalue weighted by molar-refractivity contribution is -0.140. The van der Waals surface area contributed by atoms with E-state index in [0.717, 1.165) is 5.82 Å². The number of rotatable bonds is 5. The van der Waals surface area contributed by atoms with Crippen molar-refractivity contribution < 1.29 is 9.90 Å². The Hall–Kier alpha value is -1.04. The van der Waals surface area contributed by atoms with Gasteiger partial charge in [-0.05, 0) is 0 Å². The number of nitrogens with zero attached hydrogens (tertiary/aromatic N) is 3. The predicted octanol–water partition coefficient (Wildman–Crippen LogP) is 0.769. The summed E-state index contributed by atoms with van der Waals surface area (Å²) < 4.78 is 1.83. The van der Waals surface area contributed by atoms with Crippen molar-refractivity contribution in [3.8, 4) is 0 Å². The summed E-state index contributed by atoms with van der Waals surface area (Å²) in [5, 5.41) is 16.3. The summed E-state index contributed by atoms with van der Waals surface area (Å²) in [6.45, 7) is 1.70. The van der Waals surface area contributed by atoms with Crippen LogP contribution in [0.25, 0.3) is 0 Å². The van der Waals surface area contributed by atoms with Crippen molar-refractivity contribution in [2.75, 3.05) is 5.75 Å². The highest BCUT2D eigenvalue weighted by atomic mass is 32.2. The fourth-order valence-corrected chi connectivity index (χ4v) is 1.89. The van der Waals surface area contributed by atoms with Gasteiger partial charge in [-0.1, -0.05) is 6.92 Å². The zero-order valence-corrected chi connectivity index (χ0v) is 8.99. The molecule has 78 valence electrons. The number of thioether (sulfide) groups is 1. The molecule has 1 aromatic heterocycles. The van der Waals surface area contributed by atoms with Gasteiger partial charge in [-0.2, -0.15) is 11.8 Å². The van der Waals surface area contributed by atoms with Gasteiger partial charge in [0.15, 0.2) is 0 Å². The average molecular weight is 215 g/mol. The Morgan fingerprint density at radius 3 is 3.00 bits per heavy atom. The van der Waals surface area contributed by atoms with Crippen LogP contribution in [0.4, 0.5) is 0 Å². The second-order valence-electron chi connectivity index (χ2n) is 3.11. The van der Waals surface area contributed by atoms with Crippen molar-refractivity contribution in [1.82, 2.24) is 14.8 Å². The van der Waals surface area contributed by atoms with Gasteiger partial charge in [-0.25, -0.2) is 0 Å². The predicted molar refractivity (Wildman–Crippen MR) is 54.0 cm³/mol. The van der Waals surface area contributed by atoms with Crippen molar-refractivity contribution in [2.45, 2.75) is 12.7 Å². The molecule has 0 radical (unpaired) electrons. The van der Waals surface area contributed by atoms with Crippen LogP contribution in [-0.2, 0) is 17.6 Å². The minimum atomic E-state index is -0.754. The van der Waals surface area contributed by atoms with E-state index in [1.807, 2.05) is 11.6 Å². The van der Waals surface area contributed by atoms with E-state index in [-0.39, 0.29) is 5.92 Å². The van der Waals surface area contributed by atoms with Crippen LogP contribution in [0.3, 0.4) is 0 Å². The molecule has 0 aliphatic heterocycles. The Bertz CT molecular complexity index is 313. The molecule has 1 N–H and O–H groups in total. The quantitative estimate of drug-likeness (QED) is 0.785. The third kappa shape index (κ3) is 3.02. The highest BCUT2D eigenvalue weighted by Crippen LogP contribution is 2.13. The van der Waals surface area contributed by atoms with Crippen molar-refractivity contribution >= 4 is 17.7 Å². The van der Waals surface area contributed by atoms with E-state index in [1.165, 1.54) is 0 Å². The van der Waals surface area contributed by atoms with Gasteiger partial charge in [-0.15, -0.1) is 10.2 Å². The monoisotopic (exact) mass is 215 g/mol. The highest BCUT2D eigenvalue weighted by molar-refractivity contribution is 7.98. The molecule has 1 atom stereocenters. The Labute approximate surface area is 86.5 Å². The second kappa shape index (κ2) is 4.99. The summed E-state index contributed by atoms with van der Waals surface area (Å²) in [5.74, 6) is 1.10. The number of aryl methyl sites for hydroxylation is 1. The van der Waals surface area contributed by atoms with E-state index in [2.05, 4.69) is 10.2 Å². The number of hydrogen-bond acceptors (Lipinski definition) is 4. The Kier molecular flexibility index (Phi) is 3.94. The molecule has 0 aromatic carbocycles. The van der Waals surface area contributed by atoms with E-state index in [4.69, 9.17) is 5.11 Å². The lowest BCUT2D eigenvalue weighted by Crippen LogP contribution is -2.12. The van der Waals surface area contributed by atoms with Crippen molar-refractivity contribution in [2.24, 2.45) is 13.0 Å². The summed E-state index contributed by atoms with van der Waals surface area (Å²) >= 11 is 1.56. The molecule has 1 aromatic rings. The third-order valence-corrected chi connectivity index (χ3v) is 3.02. The fraction of sp³-hybridized carbons (Fsp3) is 0.625. The van der Waals surface area contributed by atoms with Gasteiger partial charge < -0.3 is 9.67 Å². The molecule has 6 heteroatoms. The summed E-state index contributed by atoms with van der Waals surface area (Å²) in [7, 11) is 1.87. The normalized spacial score (nSPS) is 12.7. The molecule has 1 rings (SSSR count). The number of aromatic nitrogens is 3. The topological polar surface area (TPSA) is 68.0 Å². The van der Waals surface area contributed by atoms with Crippen LogP contribution in [0.15, 0.2) is 6.33 Å². The Balaban J connectivity index is 2.29. The number of aliphatic carboxylic acids is 1. The van der Waals surface area contributed by atoms with Gasteiger partial charge in [0.1, 0.15) is 12.2 Å². The molecule has 0 bridgehead atoms. The minimum absolute atomic E-state index is 0.312. The smallest absolute Gasteiger partial charge is 0.307 e. The number of carboxylic acids is 1. The Morgan fingerprint density at radius 1 is 1.79 bits per heavy atom. The average Bonchev–Trinajstić information content (AvgIpc) is 2.51. The van der Waals surface area contributed by atoms with E-state index in [0.29, 0.717) is 11.5 Å². The molecule has 0 aliphatic rings. The first-order chi connectivity index (χ1) is 6.61. The summed E-state index contributed by atoms with van der Waals surface area (Å²) in [5.41, 5.74) is 0. The lowest BCUT2D eigenvalue weighted by Gasteiger charge is -2.04. The summed E-state index contributed by atoms with van der Waals surface area (Å²) in [6.07, 6.45) is 1.64. The first-order valence-corrected chi connectivity index (χ1v) is 5.40. The second-order valence-corrected chi connectivity index (χ2v) is 4.14. The fourth-order valence-electron chi connectivity index (χ4n) is 0.836. The molecule has 1 heterocycles. The molecule has 0 saturated heterocycles. The third-order valence-electron chi connectivity index (χ3n) is 1.83. The van der Waals surface area contributed by atoms with E-state index in [9.17, 15) is 4.79 Å². The van der Waals surface area contributed by atoms with Crippen molar-refractivity contribution in [1.29, 1.82) is 0 Å². The molecule has 0 amide bonds. The van der Waals surface area contributed by atoms with E-state index >= 15 is 0 Å².